The van der Waals surface area contributed by atoms with Gasteiger partial charge < -0.3 is 14.5 Å². The molecule has 9 nitrogen and oxygen atoms in total. The molecule has 0 saturated carbocycles. The van der Waals surface area contributed by atoms with E-state index >= 15 is 0 Å². The molecule has 0 bridgehead atoms. The molecular formula is C22H30N8OS. The lowest BCUT2D eigenvalue weighted by molar-refractivity contribution is 0.341. The topological polar surface area (TPSA) is 85.1 Å². The summed E-state index contributed by atoms with van der Waals surface area (Å²) in [7, 11) is 3.87. The van der Waals surface area contributed by atoms with E-state index in [1.54, 1.807) is 22.8 Å². The largest absolute Gasteiger partial charge is 0.492 e. The van der Waals surface area contributed by atoms with Gasteiger partial charge in [-0.2, -0.15) is 19.6 Å². The predicted molar refractivity (Wildman–Crippen MR) is 127 cm³/mol. The Kier molecular flexibility index (Phi) is 7.41. The predicted octanol–water partition coefficient (Wildman–Crippen LogP) is 3.38. The zero-order valence-electron chi connectivity index (χ0n) is 18.9. The second-order valence-electron chi connectivity index (χ2n) is 7.97. The van der Waals surface area contributed by atoms with E-state index in [0.717, 1.165) is 43.0 Å². The standard InChI is InChI=1S/C22H30N8OS/c1-17-10-6-7-11-18(17)31-14-15-32-22-23-16-30(27-22)21-25-19(28(2)3)24-20(26-21)29-12-8-4-5-9-13-29/h6-7,10-11,16H,4-5,8-9,12-15H2,1-3H3. The summed E-state index contributed by atoms with van der Waals surface area (Å²) in [4.78, 5) is 22.5. The van der Waals surface area contributed by atoms with Crippen molar-refractivity contribution >= 4 is 23.7 Å². The zero-order chi connectivity index (χ0) is 22.3. The van der Waals surface area contributed by atoms with E-state index in [1.165, 1.54) is 12.8 Å². The van der Waals surface area contributed by atoms with E-state index in [9.17, 15) is 0 Å². The number of aromatic nitrogens is 6. The van der Waals surface area contributed by atoms with E-state index in [-0.39, 0.29) is 0 Å². The van der Waals surface area contributed by atoms with Crippen LogP contribution in [0.5, 0.6) is 5.75 Å². The van der Waals surface area contributed by atoms with Crippen molar-refractivity contribution in [2.45, 2.75) is 37.8 Å². The van der Waals surface area contributed by atoms with Gasteiger partial charge in [0.15, 0.2) is 0 Å². The summed E-state index contributed by atoms with van der Waals surface area (Å²) in [6, 6.07) is 8.02. The highest BCUT2D eigenvalue weighted by molar-refractivity contribution is 7.99. The molecule has 3 aromatic rings. The van der Waals surface area contributed by atoms with Crippen molar-refractivity contribution in [3.05, 3.63) is 36.2 Å². The van der Waals surface area contributed by atoms with Crippen molar-refractivity contribution in [2.75, 3.05) is 49.3 Å². The minimum Gasteiger partial charge on any atom is -0.492 e. The van der Waals surface area contributed by atoms with Crippen LogP contribution in [0.15, 0.2) is 35.7 Å². The molecule has 0 amide bonds. The maximum atomic E-state index is 5.86. The molecule has 3 heterocycles. The first-order valence-electron chi connectivity index (χ1n) is 11.0. The Morgan fingerprint density at radius 2 is 1.75 bits per heavy atom. The van der Waals surface area contributed by atoms with Gasteiger partial charge in [-0.15, -0.1) is 5.10 Å². The monoisotopic (exact) mass is 454 g/mol. The summed E-state index contributed by atoms with van der Waals surface area (Å²) in [5.41, 5.74) is 1.13. The van der Waals surface area contributed by atoms with Gasteiger partial charge in [-0.25, -0.2) is 4.98 Å². The minimum atomic E-state index is 0.485. The molecule has 4 rings (SSSR count). The second kappa shape index (κ2) is 10.6. The van der Waals surface area contributed by atoms with Crippen molar-refractivity contribution in [3.8, 4) is 11.7 Å². The minimum absolute atomic E-state index is 0.485. The summed E-state index contributed by atoms with van der Waals surface area (Å²) in [6.07, 6.45) is 6.49. The van der Waals surface area contributed by atoms with Gasteiger partial charge in [-0.3, -0.25) is 0 Å². The van der Waals surface area contributed by atoms with Crippen molar-refractivity contribution < 1.29 is 4.74 Å². The molecule has 0 N–H and O–H groups in total. The van der Waals surface area contributed by atoms with E-state index in [2.05, 4.69) is 25.0 Å². The summed E-state index contributed by atoms with van der Waals surface area (Å²) >= 11 is 1.55. The summed E-state index contributed by atoms with van der Waals surface area (Å²) < 4.78 is 7.48. The Hall–Kier alpha value is -2.88. The van der Waals surface area contributed by atoms with Crippen molar-refractivity contribution in [1.29, 1.82) is 0 Å². The molecule has 1 fully saturated rings. The van der Waals surface area contributed by atoms with Crippen LogP contribution in [0.3, 0.4) is 0 Å². The molecule has 1 aliphatic heterocycles. The number of ether oxygens (including phenoxy) is 1. The Labute approximate surface area is 193 Å². The van der Waals surface area contributed by atoms with E-state index in [0.29, 0.717) is 29.6 Å². The fourth-order valence-corrected chi connectivity index (χ4v) is 4.09. The molecule has 32 heavy (non-hydrogen) atoms. The van der Waals surface area contributed by atoms with Crippen LogP contribution in [-0.2, 0) is 0 Å². The Morgan fingerprint density at radius 1 is 1.00 bits per heavy atom. The number of anilines is 2. The Morgan fingerprint density at radius 3 is 2.50 bits per heavy atom. The van der Waals surface area contributed by atoms with E-state index in [1.807, 2.05) is 50.2 Å². The third kappa shape index (κ3) is 5.67. The first-order valence-corrected chi connectivity index (χ1v) is 12.0. The van der Waals surface area contributed by atoms with E-state index in [4.69, 9.17) is 9.72 Å². The van der Waals surface area contributed by atoms with Gasteiger partial charge in [-0.05, 0) is 31.4 Å². The zero-order valence-corrected chi connectivity index (χ0v) is 19.8. The van der Waals surface area contributed by atoms with Gasteiger partial charge in [0, 0.05) is 32.9 Å². The molecule has 1 aromatic carbocycles. The lowest BCUT2D eigenvalue weighted by Gasteiger charge is -2.22. The number of aryl methyl sites for hydroxylation is 1. The van der Waals surface area contributed by atoms with Crippen LogP contribution < -0.4 is 14.5 Å². The van der Waals surface area contributed by atoms with Gasteiger partial charge in [0.2, 0.25) is 17.1 Å². The molecule has 10 heteroatoms. The van der Waals surface area contributed by atoms with Gasteiger partial charge in [0.05, 0.1) is 6.61 Å². The van der Waals surface area contributed by atoms with Gasteiger partial charge in [0.1, 0.15) is 12.1 Å². The second-order valence-corrected chi connectivity index (χ2v) is 9.03. The first-order chi connectivity index (χ1) is 15.6. The van der Waals surface area contributed by atoms with Gasteiger partial charge >= 0.3 is 0 Å². The van der Waals surface area contributed by atoms with Crippen molar-refractivity contribution in [2.24, 2.45) is 0 Å². The molecule has 0 radical (unpaired) electrons. The van der Waals surface area contributed by atoms with Crippen LogP contribution in [0.25, 0.3) is 5.95 Å². The Bertz CT molecular complexity index is 1020. The maximum Gasteiger partial charge on any atom is 0.258 e. The molecular weight excluding hydrogens is 424 g/mol. The molecule has 0 unspecified atom stereocenters. The number of nitrogens with zero attached hydrogens (tertiary/aromatic N) is 8. The number of rotatable bonds is 8. The van der Waals surface area contributed by atoms with Crippen molar-refractivity contribution in [3.63, 3.8) is 0 Å². The number of benzene rings is 1. The molecule has 2 aromatic heterocycles. The van der Waals surface area contributed by atoms with Crippen LogP contribution in [0, 0.1) is 6.92 Å². The first kappa shape index (κ1) is 22.3. The van der Waals surface area contributed by atoms with Crippen LogP contribution in [0.1, 0.15) is 31.2 Å². The third-order valence-corrected chi connectivity index (χ3v) is 6.05. The summed E-state index contributed by atoms with van der Waals surface area (Å²) in [5.74, 6) is 3.47. The fourth-order valence-electron chi connectivity index (χ4n) is 3.47. The molecule has 170 valence electrons. The quantitative estimate of drug-likeness (QED) is 0.375. The number of para-hydroxylation sites is 1. The highest BCUT2D eigenvalue weighted by atomic mass is 32.2. The van der Waals surface area contributed by atoms with Crippen LogP contribution >= 0.6 is 11.8 Å². The normalized spacial score (nSPS) is 14.3. The van der Waals surface area contributed by atoms with Crippen LogP contribution in [0.4, 0.5) is 11.9 Å². The average molecular weight is 455 g/mol. The fraction of sp³-hybridized carbons (Fsp3) is 0.500. The molecule has 0 atom stereocenters. The van der Waals surface area contributed by atoms with Crippen LogP contribution in [-0.4, -0.2) is 69.3 Å². The number of thioether (sulfide) groups is 1. The lowest BCUT2D eigenvalue weighted by Crippen LogP contribution is -2.28. The molecule has 0 aliphatic carbocycles. The number of hydrogen-bond acceptors (Lipinski definition) is 9. The van der Waals surface area contributed by atoms with Crippen molar-refractivity contribution in [1.82, 2.24) is 29.7 Å². The highest BCUT2D eigenvalue weighted by Crippen LogP contribution is 2.20. The summed E-state index contributed by atoms with van der Waals surface area (Å²) in [6.45, 7) is 4.56. The molecule has 1 aliphatic rings. The average Bonchev–Trinajstić information content (AvgIpc) is 3.10. The Balaban J connectivity index is 1.43. The number of hydrogen-bond donors (Lipinski definition) is 0. The summed E-state index contributed by atoms with van der Waals surface area (Å²) in [5, 5.41) is 5.24. The maximum absolute atomic E-state index is 5.86. The van der Waals surface area contributed by atoms with Gasteiger partial charge in [-0.1, -0.05) is 42.8 Å². The van der Waals surface area contributed by atoms with Gasteiger partial charge in [0.25, 0.3) is 5.95 Å². The lowest BCUT2D eigenvalue weighted by atomic mass is 10.2. The van der Waals surface area contributed by atoms with E-state index < -0.39 is 0 Å². The van der Waals surface area contributed by atoms with Crippen LogP contribution in [0.2, 0.25) is 0 Å². The molecule has 0 spiro atoms. The third-order valence-electron chi connectivity index (χ3n) is 5.23. The SMILES string of the molecule is Cc1ccccc1OCCSc1ncn(-c2nc(N(C)C)nc(N3CCCCCC3)n2)n1. The smallest absolute Gasteiger partial charge is 0.258 e. The molecule has 1 saturated heterocycles. The highest BCUT2D eigenvalue weighted by Gasteiger charge is 2.18.